The molecule has 1 amide bonds. The van der Waals surface area contributed by atoms with Gasteiger partial charge in [0.25, 0.3) is 5.91 Å². The highest BCUT2D eigenvalue weighted by atomic mass is 16.3. The van der Waals surface area contributed by atoms with Gasteiger partial charge in [0.05, 0.1) is 0 Å². The van der Waals surface area contributed by atoms with Crippen LogP contribution in [0.5, 0.6) is 11.5 Å². The van der Waals surface area contributed by atoms with Gasteiger partial charge in [0.15, 0.2) is 0 Å². The van der Waals surface area contributed by atoms with Crippen LogP contribution in [0, 0.1) is 0 Å². The SMILES string of the molecule is O=C1CCC(NC(=O)c2c(O)cccc2O)CC1. The summed E-state index contributed by atoms with van der Waals surface area (Å²) in [5.41, 5.74) is -0.116. The van der Waals surface area contributed by atoms with Gasteiger partial charge in [-0.1, -0.05) is 6.07 Å². The third-order valence-electron chi connectivity index (χ3n) is 3.13. The monoisotopic (exact) mass is 249 g/mol. The minimum atomic E-state index is -0.509. The normalized spacial score (nSPS) is 16.6. The zero-order chi connectivity index (χ0) is 13.1. The van der Waals surface area contributed by atoms with Gasteiger partial charge in [-0.25, -0.2) is 0 Å². The lowest BCUT2D eigenvalue weighted by Gasteiger charge is -2.22. The summed E-state index contributed by atoms with van der Waals surface area (Å²) >= 11 is 0. The zero-order valence-electron chi connectivity index (χ0n) is 9.85. The van der Waals surface area contributed by atoms with E-state index in [9.17, 15) is 19.8 Å². The van der Waals surface area contributed by atoms with Crippen LogP contribution in [-0.4, -0.2) is 27.9 Å². The minimum Gasteiger partial charge on any atom is -0.507 e. The number of phenolic OH excluding ortho intramolecular Hbond substituents is 2. The molecular weight excluding hydrogens is 234 g/mol. The van der Waals surface area contributed by atoms with Crippen molar-refractivity contribution in [3.63, 3.8) is 0 Å². The Kier molecular flexibility index (Phi) is 3.50. The van der Waals surface area contributed by atoms with Crippen LogP contribution in [-0.2, 0) is 4.79 Å². The molecule has 0 unspecified atom stereocenters. The number of hydrogen-bond donors (Lipinski definition) is 3. The molecule has 18 heavy (non-hydrogen) atoms. The molecule has 1 saturated carbocycles. The lowest BCUT2D eigenvalue weighted by atomic mass is 9.94. The topological polar surface area (TPSA) is 86.6 Å². The summed E-state index contributed by atoms with van der Waals surface area (Å²) in [6.45, 7) is 0. The molecule has 5 heteroatoms. The van der Waals surface area contributed by atoms with Crippen molar-refractivity contribution in [1.82, 2.24) is 5.32 Å². The summed E-state index contributed by atoms with van der Waals surface area (Å²) in [4.78, 5) is 23.0. The van der Waals surface area contributed by atoms with Gasteiger partial charge in [-0.15, -0.1) is 0 Å². The molecule has 3 N–H and O–H groups in total. The Morgan fingerprint density at radius 3 is 2.28 bits per heavy atom. The first-order valence-corrected chi connectivity index (χ1v) is 5.91. The molecule has 5 nitrogen and oxygen atoms in total. The fraction of sp³-hybridized carbons (Fsp3) is 0.385. The highest BCUT2D eigenvalue weighted by Gasteiger charge is 2.23. The predicted molar refractivity (Wildman–Crippen MR) is 64.5 cm³/mol. The van der Waals surface area contributed by atoms with Crippen LogP contribution in [0.3, 0.4) is 0 Å². The van der Waals surface area contributed by atoms with E-state index in [2.05, 4.69) is 5.32 Å². The first-order valence-electron chi connectivity index (χ1n) is 5.91. The summed E-state index contributed by atoms with van der Waals surface area (Å²) in [7, 11) is 0. The second-order valence-corrected chi connectivity index (χ2v) is 4.46. The largest absolute Gasteiger partial charge is 0.507 e. The average Bonchev–Trinajstić information content (AvgIpc) is 2.32. The molecule has 0 atom stereocenters. The summed E-state index contributed by atoms with van der Waals surface area (Å²) in [6.07, 6.45) is 2.16. The number of benzene rings is 1. The zero-order valence-corrected chi connectivity index (χ0v) is 9.85. The van der Waals surface area contributed by atoms with Crippen molar-refractivity contribution < 1.29 is 19.8 Å². The maximum atomic E-state index is 11.9. The summed E-state index contributed by atoms with van der Waals surface area (Å²) in [6, 6.07) is 4.08. The number of nitrogens with one attached hydrogen (secondary N) is 1. The van der Waals surface area contributed by atoms with E-state index in [1.54, 1.807) is 0 Å². The van der Waals surface area contributed by atoms with E-state index < -0.39 is 5.91 Å². The maximum Gasteiger partial charge on any atom is 0.259 e. The Morgan fingerprint density at radius 1 is 1.17 bits per heavy atom. The van der Waals surface area contributed by atoms with Gasteiger partial charge in [0.1, 0.15) is 22.8 Å². The summed E-state index contributed by atoms with van der Waals surface area (Å²) < 4.78 is 0. The molecule has 1 aliphatic carbocycles. The molecule has 0 aliphatic heterocycles. The Hall–Kier alpha value is -2.04. The molecule has 1 aliphatic rings. The molecule has 96 valence electrons. The highest BCUT2D eigenvalue weighted by molar-refractivity contribution is 5.99. The Balaban J connectivity index is 2.06. The van der Waals surface area contributed by atoms with E-state index in [1.807, 2.05) is 0 Å². The van der Waals surface area contributed by atoms with Gasteiger partial charge in [-0.3, -0.25) is 9.59 Å². The number of phenols is 2. The number of rotatable bonds is 2. The van der Waals surface area contributed by atoms with Crippen LogP contribution in [0.1, 0.15) is 36.0 Å². The van der Waals surface area contributed by atoms with Crippen molar-refractivity contribution in [2.24, 2.45) is 0 Å². The first kappa shape index (κ1) is 12.4. The van der Waals surface area contributed by atoms with E-state index in [4.69, 9.17) is 0 Å². The number of carbonyl (C=O) groups excluding carboxylic acids is 2. The van der Waals surface area contributed by atoms with Crippen molar-refractivity contribution in [3.05, 3.63) is 23.8 Å². The lowest BCUT2D eigenvalue weighted by Crippen LogP contribution is -2.37. The number of hydrogen-bond acceptors (Lipinski definition) is 4. The predicted octanol–water partition coefficient (Wildman–Crippen LogP) is 1.34. The molecule has 0 radical (unpaired) electrons. The van der Waals surface area contributed by atoms with Crippen molar-refractivity contribution in [2.45, 2.75) is 31.7 Å². The third-order valence-corrected chi connectivity index (χ3v) is 3.13. The molecule has 2 rings (SSSR count). The second-order valence-electron chi connectivity index (χ2n) is 4.46. The number of Topliss-reactive ketones (excluding diaryl/α,β-unsaturated/α-hetero) is 1. The van der Waals surface area contributed by atoms with Crippen LogP contribution in [0.15, 0.2) is 18.2 Å². The average molecular weight is 249 g/mol. The van der Waals surface area contributed by atoms with Gasteiger partial charge in [-0.2, -0.15) is 0 Å². The molecule has 1 aromatic rings. The van der Waals surface area contributed by atoms with Crippen LogP contribution in [0.4, 0.5) is 0 Å². The van der Waals surface area contributed by atoms with Crippen molar-refractivity contribution in [2.75, 3.05) is 0 Å². The Bertz CT molecular complexity index is 454. The number of amides is 1. The van der Waals surface area contributed by atoms with Crippen LogP contribution < -0.4 is 5.32 Å². The van der Waals surface area contributed by atoms with E-state index in [0.29, 0.717) is 25.7 Å². The molecule has 0 spiro atoms. The van der Waals surface area contributed by atoms with Gasteiger partial charge < -0.3 is 15.5 Å². The van der Waals surface area contributed by atoms with E-state index in [0.717, 1.165) is 0 Å². The fourth-order valence-corrected chi connectivity index (χ4v) is 2.10. The first-order chi connectivity index (χ1) is 8.58. The standard InChI is InChI=1S/C13H15NO4/c15-9-6-4-8(5-7-9)14-13(18)12-10(16)2-1-3-11(12)17/h1-3,8,16-17H,4-7H2,(H,14,18). The smallest absolute Gasteiger partial charge is 0.259 e. The molecule has 0 bridgehead atoms. The molecule has 0 aromatic heterocycles. The third kappa shape index (κ3) is 2.61. The fourth-order valence-electron chi connectivity index (χ4n) is 2.10. The Labute approximate surface area is 104 Å². The number of aromatic hydroxyl groups is 2. The highest BCUT2D eigenvalue weighted by Crippen LogP contribution is 2.26. The molecule has 0 heterocycles. The second kappa shape index (κ2) is 5.08. The molecule has 1 fully saturated rings. The van der Waals surface area contributed by atoms with E-state index in [1.165, 1.54) is 18.2 Å². The molecule has 1 aromatic carbocycles. The van der Waals surface area contributed by atoms with Crippen LogP contribution in [0.25, 0.3) is 0 Å². The van der Waals surface area contributed by atoms with Crippen molar-refractivity contribution in [3.8, 4) is 11.5 Å². The van der Waals surface area contributed by atoms with Gasteiger partial charge in [-0.05, 0) is 25.0 Å². The quantitative estimate of drug-likeness (QED) is 0.738. The molecule has 0 saturated heterocycles. The summed E-state index contributed by atoms with van der Waals surface area (Å²) in [5, 5.41) is 21.8. The van der Waals surface area contributed by atoms with Crippen molar-refractivity contribution >= 4 is 11.7 Å². The van der Waals surface area contributed by atoms with Crippen molar-refractivity contribution in [1.29, 1.82) is 0 Å². The van der Waals surface area contributed by atoms with Gasteiger partial charge in [0, 0.05) is 18.9 Å². The van der Waals surface area contributed by atoms with E-state index >= 15 is 0 Å². The maximum absolute atomic E-state index is 11.9. The van der Waals surface area contributed by atoms with Gasteiger partial charge in [0.2, 0.25) is 0 Å². The van der Waals surface area contributed by atoms with Crippen LogP contribution in [0.2, 0.25) is 0 Å². The summed E-state index contributed by atoms with van der Waals surface area (Å²) in [5.74, 6) is -0.797. The minimum absolute atomic E-state index is 0.0748. The van der Waals surface area contributed by atoms with Gasteiger partial charge >= 0.3 is 0 Å². The number of carbonyl (C=O) groups is 2. The van der Waals surface area contributed by atoms with E-state index in [-0.39, 0.29) is 28.9 Å². The Morgan fingerprint density at radius 2 is 1.72 bits per heavy atom. The van der Waals surface area contributed by atoms with Crippen LogP contribution >= 0.6 is 0 Å². The molecular formula is C13H15NO4. The number of ketones is 1. The lowest BCUT2D eigenvalue weighted by molar-refractivity contribution is -0.120.